The Labute approximate surface area is 233 Å². The number of rotatable bonds is 13. The Morgan fingerprint density at radius 2 is 0.872 bits per heavy atom. The number of carboxylic acids is 3. The summed E-state index contributed by atoms with van der Waals surface area (Å²) in [5.74, 6) is -2.09. The molecule has 0 bridgehead atoms. The van der Waals surface area contributed by atoms with Gasteiger partial charge in [0.25, 0.3) is 0 Å². The van der Waals surface area contributed by atoms with E-state index in [-0.39, 0.29) is 39.1 Å². The van der Waals surface area contributed by atoms with Crippen molar-refractivity contribution in [3.63, 3.8) is 0 Å². The third kappa shape index (κ3) is 15.5. The molecule has 39 heavy (non-hydrogen) atoms. The molecule has 6 N–H and O–H groups in total. The number of nitrogens with zero attached hydrogens (tertiary/aromatic N) is 3. The van der Waals surface area contributed by atoms with E-state index in [4.69, 9.17) is 30.6 Å². The van der Waals surface area contributed by atoms with Gasteiger partial charge < -0.3 is 30.6 Å². The number of hydrogen-bond acceptors (Lipinski definition) is 9. The Kier molecular flexibility index (Phi) is 19.2. The van der Waals surface area contributed by atoms with Gasteiger partial charge >= 0.3 is 17.9 Å². The van der Waals surface area contributed by atoms with Gasteiger partial charge in [0.15, 0.2) is 0 Å². The number of likely N-dealkylation sites (tertiary alicyclic amines) is 3. The van der Waals surface area contributed by atoms with Gasteiger partial charge in [-0.05, 0) is 66.1 Å². The van der Waals surface area contributed by atoms with Crippen LogP contribution in [0.4, 0.5) is 0 Å². The van der Waals surface area contributed by atoms with Crippen molar-refractivity contribution in [2.24, 2.45) is 5.41 Å². The van der Waals surface area contributed by atoms with Crippen LogP contribution in [0.1, 0.15) is 72.6 Å². The summed E-state index contributed by atoms with van der Waals surface area (Å²) in [4.78, 5) is 36.9. The standard InChI is InChI=1S/3C7H13NO2.C6H14O3/c3*1-6-2-4-8(6)5-3-7(9)10;1-2-6(3-7,4-8)5-9/h3*6H,2-5H2,1H3,(H,9,10);7-9H,2-5H2,1H3. The first kappa shape index (κ1) is 37.2. The van der Waals surface area contributed by atoms with Crippen molar-refractivity contribution in [2.75, 3.05) is 59.1 Å². The average Bonchev–Trinajstić information content (AvgIpc) is 2.88. The normalized spacial score (nSPS) is 22.7. The lowest BCUT2D eigenvalue weighted by Crippen LogP contribution is -2.46. The van der Waals surface area contributed by atoms with E-state index >= 15 is 0 Å². The number of hydrogen-bond donors (Lipinski definition) is 6. The van der Waals surface area contributed by atoms with Crippen molar-refractivity contribution >= 4 is 17.9 Å². The second-order valence-corrected chi connectivity index (χ2v) is 10.8. The van der Waals surface area contributed by atoms with Gasteiger partial charge in [-0.2, -0.15) is 0 Å². The quantitative estimate of drug-likeness (QED) is 0.187. The number of aliphatic hydroxyl groups is 3. The Bertz CT molecular complexity index is 612. The zero-order valence-electron chi connectivity index (χ0n) is 24.3. The molecule has 3 saturated heterocycles. The van der Waals surface area contributed by atoms with E-state index in [1.165, 1.54) is 19.3 Å². The molecular formula is C27H53N3O9. The van der Waals surface area contributed by atoms with Crippen LogP contribution in [0.25, 0.3) is 0 Å². The van der Waals surface area contributed by atoms with E-state index in [0.29, 0.717) is 24.5 Å². The molecule has 3 unspecified atom stereocenters. The maximum atomic E-state index is 10.1. The fourth-order valence-corrected chi connectivity index (χ4v) is 3.91. The van der Waals surface area contributed by atoms with Crippen molar-refractivity contribution in [3.8, 4) is 0 Å². The smallest absolute Gasteiger partial charge is 0.304 e. The average molecular weight is 564 g/mol. The van der Waals surface area contributed by atoms with Gasteiger partial charge in [0.2, 0.25) is 0 Å². The van der Waals surface area contributed by atoms with Crippen molar-refractivity contribution in [1.29, 1.82) is 0 Å². The van der Waals surface area contributed by atoms with Crippen molar-refractivity contribution in [1.82, 2.24) is 14.7 Å². The minimum Gasteiger partial charge on any atom is -0.481 e. The molecule has 3 aliphatic heterocycles. The second kappa shape index (κ2) is 20.1. The van der Waals surface area contributed by atoms with Crippen molar-refractivity contribution in [2.45, 2.75) is 90.8 Å². The monoisotopic (exact) mass is 563 g/mol. The fourth-order valence-electron chi connectivity index (χ4n) is 3.91. The highest BCUT2D eigenvalue weighted by atomic mass is 16.4. The van der Waals surface area contributed by atoms with E-state index in [2.05, 4.69) is 35.5 Å². The molecule has 3 aliphatic rings. The first-order valence-corrected chi connectivity index (χ1v) is 14.0. The number of aliphatic hydroxyl groups excluding tert-OH is 3. The van der Waals surface area contributed by atoms with Crippen LogP contribution >= 0.6 is 0 Å². The Morgan fingerprint density at radius 1 is 0.615 bits per heavy atom. The highest BCUT2D eigenvalue weighted by molar-refractivity contribution is 5.67. The van der Waals surface area contributed by atoms with Crippen LogP contribution in [0.15, 0.2) is 0 Å². The molecule has 3 fully saturated rings. The van der Waals surface area contributed by atoms with Gasteiger partial charge in [-0.15, -0.1) is 0 Å². The molecular weight excluding hydrogens is 510 g/mol. The first-order valence-electron chi connectivity index (χ1n) is 14.0. The van der Waals surface area contributed by atoms with E-state index in [1.807, 2.05) is 6.92 Å². The second-order valence-electron chi connectivity index (χ2n) is 10.8. The van der Waals surface area contributed by atoms with Gasteiger partial charge in [-0.25, -0.2) is 0 Å². The lowest BCUT2D eigenvalue weighted by atomic mass is 9.88. The van der Waals surface area contributed by atoms with Crippen molar-refractivity contribution in [3.05, 3.63) is 0 Å². The summed E-state index contributed by atoms with van der Waals surface area (Å²) in [5.41, 5.74) is -0.667. The predicted molar refractivity (Wildman–Crippen MR) is 148 cm³/mol. The molecule has 230 valence electrons. The first-order chi connectivity index (χ1) is 18.3. The zero-order chi connectivity index (χ0) is 30.0. The minimum absolute atomic E-state index is 0.156. The Balaban J connectivity index is 0.000000494. The molecule has 0 saturated carbocycles. The van der Waals surface area contributed by atoms with Crippen LogP contribution in [0, 0.1) is 5.41 Å². The highest BCUT2D eigenvalue weighted by Crippen LogP contribution is 2.19. The molecule has 0 aromatic rings. The summed E-state index contributed by atoms with van der Waals surface area (Å²) in [6.45, 7) is 13.1. The van der Waals surface area contributed by atoms with Crippen molar-refractivity contribution < 1.29 is 45.0 Å². The third-order valence-electron chi connectivity index (χ3n) is 7.97. The van der Waals surface area contributed by atoms with Gasteiger partial charge in [0.1, 0.15) is 0 Å². The van der Waals surface area contributed by atoms with E-state index in [0.717, 1.165) is 39.3 Å². The minimum atomic E-state index is -0.695. The predicted octanol–water partition coefficient (Wildman–Crippen LogP) is 1.03. The van der Waals surface area contributed by atoms with Crippen LogP contribution in [-0.4, -0.2) is 140 Å². The molecule has 0 aromatic heterocycles. The molecule has 12 heteroatoms. The van der Waals surface area contributed by atoms with E-state index < -0.39 is 23.3 Å². The molecule has 0 aromatic carbocycles. The largest absolute Gasteiger partial charge is 0.481 e. The summed E-state index contributed by atoms with van der Waals surface area (Å²) < 4.78 is 0. The summed E-state index contributed by atoms with van der Waals surface area (Å²) in [6, 6.07) is 1.83. The SMILES string of the molecule is CC1CCN1CCC(=O)O.CC1CCN1CCC(=O)O.CC1CCN1CCC(=O)O.CCC(CO)(CO)CO. The van der Waals surface area contributed by atoms with Crippen LogP contribution in [-0.2, 0) is 14.4 Å². The molecule has 0 aliphatic carbocycles. The van der Waals surface area contributed by atoms with Gasteiger partial charge in [-0.1, -0.05) is 6.92 Å². The molecule has 0 spiro atoms. The molecule has 3 rings (SSSR count). The van der Waals surface area contributed by atoms with Crippen LogP contribution in [0.5, 0.6) is 0 Å². The summed E-state index contributed by atoms with van der Waals surface area (Å²) in [6.07, 6.45) is 5.11. The summed E-state index contributed by atoms with van der Waals surface area (Å²) in [5, 5.41) is 51.0. The molecule has 3 heterocycles. The lowest BCUT2D eigenvalue weighted by molar-refractivity contribution is -0.138. The van der Waals surface area contributed by atoms with Crippen LogP contribution in [0.2, 0.25) is 0 Å². The Morgan fingerprint density at radius 3 is 0.949 bits per heavy atom. The summed E-state index contributed by atoms with van der Waals surface area (Å²) >= 11 is 0. The highest BCUT2D eigenvalue weighted by Gasteiger charge is 2.25. The molecule has 12 nitrogen and oxygen atoms in total. The maximum absolute atomic E-state index is 10.1. The van der Waals surface area contributed by atoms with E-state index in [1.54, 1.807) is 0 Å². The topological polar surface area (TPSA) is 182 Å². The molecule has 0 radical (unpaired) electrons. The lowest BCUT2D eigenvalue weighted by Gasteiger charge is -2.38. The zero-order valence-corrected chi connectivity index (χ0v) is 24.3. The number of carbonyl (C=O) groups is 3. The van der Waals surface area contributed by atoms with Gasteiger partial charge in [0, 0.05) is 43.2 Å². The number of carboxylic acid groups (broad SMARTS) is 3. The van der Waals surface area contributed by atoms with E-state index in [9.17, 15) is 14.4 Å². The molecule has 3 atom stereocenters. The summed E-state index contributed by atoms with van der Waals surface area (Å²) in [7, 11) is 0. The maximum Gasteiger partial charge on any atom is 0.304 e. The van der Waals surface area contributed by atoms with Gasteiger partial charge in [-0.3, -0.25) is 29.1 Å². The fraction of sp³-hybridized carbons (Fsp3) is 0.889. The Hall–Kier alpha value is -1.83. The number of aliphatic carboxylic acids is 3. The van der Waals surface area contributed by atoms with Crippen LogP contribution < -0.4 is 0 Å². The molecule has 0 amide bonds. The van der Waals surface area contributed by atoms with Crippen LogP contribution in [0.3, 0.4) is 0 Å². The third-order valence-corrected chi connectivity index (χ3v) is 7.97. The van der Waals surface area contributed by atoms with Gasteiger partial charge in [0.05, 0.1) is 39.1 Å².